The third-order valence-electron chi connectivity index (χ3n) is 3.92. The van der Waals surface area contributed by atoms with Gasteiger partial charge in [0.25, 0.3) is 0 Å². The van der Waals surface area contributed by atoms with E-state index in [1.165, 1.54) is 48.7 Å². The van der Waals surface area contributed by atoms with Gasteiger partial charge in [0.1, 0.15) is 23.0 Å². The molecule has 1 N–H and O–H groups in total. The van der Waals surface area contributed by atoms with Gasteiger partial charge in [-0.25, -0.2) is 18.2 Å². The molecule has 2 aromatic heterocycles. The number of benzene rings is 2. The normalized spacial score (nSPS) is 10.7. The largest absolute Gasteiger partial charge is 0.323 e. The summed E-state index contributed by atoms with van der Waals surface area (Å²) in [4.78, 5) is 8.02. The van der Waals surface area contributed by atoms with Gasteiger partial charge in [-0.2, -0.15) is 0 Å². The molecular formula is C20H12F3N5. The Morgan fingerprint density at radius 3 is 2.36 bits per heavy atom. The molecule has 0 saturated heterocycles. The highest BCUT2D eigenvalue weighted by molar-refractivity contribution is 5.78. The minimum atomic E-state index is -0.637. The van der Waals surface area contributed by atoms with Gasteiger partial charge in [0.2, 0.25) is 5.95 Å². The van der Waals surface area contributed by atoms with Gasteiger partial charge in [-0.15, -0.1) is 10.2 Å². The summed E-state index contributed by atoms with van der Waals surface area (Å²) in [7, 11) is 0. The number of nitrogens with one attached hydrogen (secondary N) is 1. The Morgan fingerprint density at radius 2 is 1.57 bits per heavy atom. The molecule has 8 heteroatoms. The van der Waals surface area contributed by atoms with Crippen molar-refractivity contribution in [3.63, 3.8) is 0 Å². The molecule has 0 amide bonds. The van der Waals surface area contributed by atoms with E-state index < -0.39 is 17.5 Å². The van der Waals surface area contributed by atoms with Crippen molar-refractivity contribution in [3.05, 3.63) is 84.4 Å². The van der Waals surface area contributed by atoms with E-state index in [2.05, 4.69) is 25.5 Å². The van der Waals surface area contributed by atoms with Crippen molar-refractivity contribution in [2.75, 3.05) is 5.32 Å². The standard InChI is InChI=1S/C20H12F3N5/c21-12-4-3-5-13(10-12)25-20-26-18(14-6-1-2-7-16(14)22)19(27-28-20)15-8-9-24-11-17(15)23/h1-11H,(H,25,26,28). The number of pyridine rings is 1. The lowest BCUT2D eigenvalue weighted by molar-refractivity contribution is 0.623. The maximum absolute atomic E-state index is 14.4. The summed E-state index contributed by atoms with van der Waals surface area (Å²) in [6.45, 7) is 0. The molecule has 0 atom stereocenters. The van der Waals surface area contributed by atoms with E-state index in [1.54, 1.807) is 12.1 Å². The molecule has 0 aliphatic carbocycles. The zero-order valence-electron chi connectivity index (χ0n) is 14.3. The monoisotopic (exact) mass is 379 g/mol. The SMILES string of the molecule is Fc1cccc(Nc2nnc(-c3ccncc3F)c(-c3ccccc3F)n2)c1. The first-order valence-electron chi connectivity index (χ1n) is 8.24. The van der Waals surface area contributed by atoms with Crippen molar-refractivity contribution >= 4 is 11.6 Å². The predicted octanol–water partition coefficient (Wildman–Crippen LogP) is 4.76. The fraction of sp³-hybridized carbons (Fsp3) is 0. The van der Waals surface area contributed by atoms with Gasteiger partial charge in [-0.3, -0.25) is 4.98 Å². The zero-order chi connectivity index (χ0) is 19.5. The predicted molar refractivity (Wildman–Crippen MR) is 98.1 cm³/mol. The van der Waals surface area contributed by atoms with E-state index in [-0.39, 0.29) is 28.5 Å². The Hall–Kier alpha value is -3.81. The molecule has 2 aromatic carbocycles. The summed E-state index contributed by atoms with van der Waals surface area (Å²) in [6.07, 6.45) is 2.42. The lowest BCUT2D eigenvalue weighted by Gasteiger charge is -2.11. The van der Waals surface area contributed by atoms with E-state index in [9.17, 15) is 13.2 Å². The summed E-state index contributed by atoms with van der Waals surface area (Å²) < 4.78 is 42.1. The number of rotatable bonds is 4. The van der Waals surface area contributed by atoms with Crippen LogP contribution in [0.4, 0.5) is 24.8 Å². The van der Waals surface area contributed by atoms with Gasteiger partial charge in [0.05, 0.1) is 6.20 Å². The average molecular weight is 379 g/mol. The molecule has 0 radical (unpaired) electrons. The Labute approximate surface area is 157 Å². The van der Waals surface area contributed by atoms with Crippen LogP contribution in [0.15, 0.2) is 67.0 Å². The molecule has 0 spiro atoms. The molecule has 5 nitrogen and oxygen atoms in total. The van der Waals surface area contributed by atoms with Crippen LogP contribution in [0.1, 0.15) is 0 Å². The zero-order valence-corrected chi connectivity index (χ0v) is 14.3. The second-order valence-corrected chi connectivity index (χ2v) is 5.80. The van der Waals surface area contributed by atoms with Crippen molar-refractivity contribution < 1.29 is 13.2 Å². The van der Waals surface area contributed by atoms with Crippen molar-refractivity contribution in [2.45, 2.75) is 0 Å². The van der Waals surface area contributed by atoms with Crippen molar-refractivity contribution in [3.8, 4) is 22.5 Å². The molecule has 138 valence electrons. The number of halogens is 3. The molecule has 0 saturated carbocycles. The van der Waals surface area contributed by atoms with Gasteiger partial charge in [0.15, 0.2) is 5.82 Å². The van der Waals surface area contributed by atoms with Gasteiger partial charge in [0, 0.05) is 23.0 Å². The number of nitrogens with zero attached hydrogens (tertiary/aromatic N) is 4. The highest BCUT2D eigenvalue weighted by Crippen LogP contribution is 2.32. The number of hydrogen-bond donors (Lipinski definition) is 1. The minimum Gasteiger partial charge on any atom is -0.323 e. The van der Waals surface area contributed by atoms with Gasteiger partial charge >= 0.3 is 0 Å². The molecule has 28 heavy (non-hydrogen) atoms. The van der Waals surface area contributed by atoms with Crippen LogP contribution in [0, 0.1) is 17.5 Å². The van der Waals surface area contributed by atoms with Gasteiger partial charge < -0.3 is 5.32 Å². The first kappa shape index (κ1) is 17.6. The topological polar surface area (TPSA) is 63.6 Å². The van der Waals surface area contributed by atoms with Crippen LogP contribution in [0.25, 0.3) is 22.5 Å². The maximum Gasteiger partial charge on any atom is 0.247 e. The van der Waals surface area contributed by atoms with Gasteiger partial charge in [-0.1, -0.05) is 18.2 Å². The molecular weight excluding hydrogens is 367 g/mol. The quantitative estimate of drug-likeness (QED) is 0.554. The van der Waals surface area contributed by atoms with Crippen molar-refractivity contribution in [1.29, 1.82) is 0 Å². The molecule has 2 heterocycles. The number of hydrogen-bond acceptors (Lipinski definition) is 5. The summed E-state index contributed by atoms with van der Waals surface area (Å²) >= 11 is 0. The third-order valence-corrected chi connectivity index (χ3v) is 3.92. The van der Waals surface area contributed by atoms with E-state index in [4.69, 9.17) is 0 Å². The highest BCUT2D eigenvalue weighted by atomic mass is 19.1. The Kier molecular flexibility index (Phi) is 4.67. The van der Waals surface area contributed by atoms with E-state index in [0.29, 0.717) is 5.69 Å². The third kappa shape index (κ3) is 3.52. The molecule has 4 aromatic rings. The molecule has 4 rings (SSSR count). The first-order chi connectivity index (χ1) is 13.6. The van der Waals surface area contributed by atoms with E-state index in [1.807, 2.05) is 0 Å². The van der Waals surface area contributed by atoms with Crippen molar-refractivity contribution in [1.82, 2.24) is 20.2 Å². The first-order valence-corrected chi connectivity index (χ1v) is 8.24. The fourth-order valence-corrected chi connectivity index (χ4v) is 2.66. The maximum atomic E-state index is 14.4. The summed E-state index contributed by atoms with van der Waals surface area (Å²) in [5.74, 6) is -1.61. The van der Waals surface area contributed by atoms with Gasteiger partial charge in [-0.05, 0) is 36.4 Å². The summed E-state index contributed by atoms with van der Waals surface area (Å²) in [6, 6.07) is 13.0. The molecule has 0 aliphatic rings. The van der Waals surface area contributed by atoms with Crippen LogP contribution in [0.5, 0.6) is 0 Å². The van der Waals surface area contributed by atoms with Crippen LogP contribution < -0.4 is 5.32 Å². The average Bonchev–Trinajstić information content (AvgIpc) is 2.69. The number of aromatic nitrogens is 4. The molecule has 0 unspecified atom stereocenters. The molecule has 0 aliphatic heterocycles. The van der Waals surface area contributed by atoms with Crippen LogP contribution in [0.3, 0.4) is 0 Å². The van der Waals surface area contributed by atoms with Crippen LogP contribution in [-0.4, -0.2) is 20.2 Å². The molecule has 0 fully saturated rings. The van der Waals surface area contributed by atoms with E-state index in [0.717, 1.165) is 6.20 Å². The van der Waals surface area contributed by atoms with Crippen LogP contribution in [-0.2, 0) is 0 Å². The smallest absolute Gasteiger partial charge is 0.247 e. The van der Waals surface area contributed by atoms with E-state index >= 15 is 0 Å². The Morgan fingerprint density at radius 1 is 0.750 bits per heavy atom. The lowest BCUT2D eigenvalue weighted by atomic mass is 10.0. The fourth-order valence-electron chi connectivity index (χ4n) is 2.66. The Bertz CT molecular complexity index is 1150. The number of anilines is 2. The minimum absolute atomic E-state index is 0.0158. The molecule has 0 bridgehead atoms. The second kappa shape index (κ2) is 7.43. The summed E-state index contributed by atoms with van der Waals surface area (Å²) in [5.41, 5.74) is 0.771. The Balaban J connectivity index is 1.86. The van der Waals surface area contributed by atoms with Crippen molar-refractivity contribution in [2.24, 2.45) is 0 Å². The highest BCUT2D eigenvalue weighted by Gasteiger charge is 2.19. The van der Waals surface area contributed by atoms with Crippen LogP contribution in [0.2, 0.25) is 0 Å². The lowest BCUT2D eigenvalue weighted by Crippen LogP contribution is -2.05. The summed E-state index contributed by atoms with van der Waals surface area (Å²) in [5, 5.41) is 10.8. The second-order valence-electron chi connectivity index (χ2n) is 5.80. The van der Waals surface area contributed by atoms with Crippen LogP contribution >= 0.6 is 0 Å².